The second-order valence-electron chi connectivity index (χ2n) is 2.62. The molecule has 0 aliphatic carbocycles. The maximum atomic E-state index is 5.57. The van der Waals surface area contributed by atoms with E-state index in [1.54, 1.807) is 0 Å². The van der Waals surface area contributed by atoms with Crippen molar-refractivity contribution in [1.29, 1.82) is 0 Å². The van der Waals surface area contributed by atoms with E-state index in [4.69, 9.17) is 12.2 Å². The number of hydrogen-bond acceptors (Lipinski definition) is 3. The summed E-state index contributed by atoms with van der Waals surface area (Å²) in [6, 6.07) is 0.436. The largest absolute Gasteiger partial charge is 0.329 e. The summed E-state index contributed by atoms with van der Waals surface area (Å²) < 4.78 is 0. The number of rotatable bonds is 7. The lowest BCUT2D eigenvalue weighted by Crippen LogP contribution is -2.37. The average molecular weight is 186 g/mol. The van der Waals surface area contributed by atoms with E-state index >= 15 is 0 Å². The lowest BCUT2D eigenvalue weighted by Gasteiger charge is -2.14. The van der Waals surface area contributed by atoms with Gasteiger partial charge in [-0.1, -0.05) is 0 Å². The minimum atomic E-state index is 0.436. The van der Waals surface area contributed by atoms with Crippen LogP contribution in [0.2, 0.25) is 0 Å². The maximum Gasteiger partial charge on any atom is 0.0212 e. The summed E-state index contributed by atoms with van der Waals surface area (Å²) in [6.45, 7) is 1.58. The standard InChI is InChI=1S/C9H18N2S/c1-3-4-6-11-9(8-10)5-7-12-2/h1,9,11H,4-8,10H2,2H3. The van der Waals surface area contributed by atoms with Crippen LogP contribution in [0.1, 0.15) is 12.8 Å². The lowest BCUT2D eigenvalue weighted by atomic mass is 10.2. The van der Waals surface area contributed by atoms with E-state index in [0.29, 0.717) is 12.6 Å². The zero-order valence-corrected chi connectivity index (χ0v) is 8.49. The molecule has 0 saturated heterocycles. The van der Waals surface area contributed by atoms with Crippen molar-refractivity contribution in [1.82, 2.24) is 5.32 Å². The molecule has 0 fully saturated rings. The summed E-state index contributed by atoms with van der Waals surface area (Å²) in [5, 5.41) is 3.32. The van der Waals surface area contributed by atoms with Crippen LogP contribution in [0, 0.1) is 12.3 Å². The Morgan fingerprint density at radius 1 is 1.67 bits per heavy atom. The molecule has 0 aromatic heterocycles. The van der Waals surface area contributed by atoms with Gasteiger partial charge in [-0.2, -0.15) is 11.8 Å². The highest BCUT2D eigenvalue weighted by molar-refractivity contribution is 7.98. The first kappa shape index (κ1) is 11.8. The fourth-order valence-electron chi connectivity index (χ4n) is 0.912. The first-order valence-corrected chi connectivity index (χ1v) is 5.60. The van der Waals surface area contributed by atoms with Gasteiger partial charge in [-0.15, -0.1) is 12.3 Å². The van der Waals surface area contributed by atoms with E-state index in [1.165, 1.54) is 0 Å². The van der Waals surface area contributed by atoms with E-state index in [1.807, 2.05) is 11.8 Å². The van der Waals surface area contributed by atoms with Crippen molar-refractivity contribution in [2.24, 2.45) is 5.73 Å². The minimum Gasteiger partial charge on any atom is -0.329 e. The molecule has 2 nitrogen and oxygen atoms in total. The summed E-state index contributed by atoms with van der Waals surface area (Å²) in [5.41, 5.74) is 5.57. The fraction of sp³-hybridized carbons (Fsp3) is 0.778. The second-order valence-corrected chi connectivity index (χ2v) is 3.61. The SMILES string of the molecule is C#CCCNC(CN)CCSC. The van der Waals surface area contributed by atoms with Crippen LogP contribution >= 0.6 is 11.8 Å². The molecule has 1 unspecified atom stereocenters. The quantitative estimate of drug-likeness (QED) is 0.453. The predicted octanol–water partition coefficient (Wildman–Crippen LogP) is 0.680. The van der Waals surface area contributed by atoms with Crippen LogP contribution in [0.25, 0.3) is 0 Å². The average Bonchev–Trinajstić information content (AvgIpc) is 2.11. The Hall–Kier alpha value is -0.170. The summed E-state index contributed by atoms with van der Waals surface area (Å²) in [5.74, 6) is 3.75. The number of nitrogens with one attached hydrogen (secondary N) is 1. The zero-order chi connectivity index (χ0) is 9.23. The van der Waals surface area contributed by atoms with Gasteiger partial charge >= 0.3 is 0 Å². The van der Waals surface area contributed by atoms with Crippen molar-refractivity contribution < 1.29 is 0 Å². The van der Waals surface area contributed by atoms with Crippen molar-refractivity contribution in [2.45, 2.75) is 18.9 Å². The van der Waals surface area contributed by atoms with Gasteiger partial charge < -0.3 is 11.1 Å². The van der Waals surface area contributed by atoms with Crippen LogP contribution in [0.15, 0.2) is 0 Å². The van der Waals surface area contributed by atoms with Crippen molar-refractivity contribution in [3.8, 4) is 12.3 Å². The highest BCUT2D eigenvalue weighted by Gasteiger charge is 2.03. The topological polar surface area (TPSA) is 38.0 Å². The zero-order valence-electron chi connectivity index (χ0n) is 7.68. The Kier molecular flexibility index (Phi) is 8.80. The van der Waals surface area contributed by atoms with Crippen LogP contribution < -0.4 is 11.1 Å². The molecule has 1 atom stereocenters. The van der Waals surface area contributed by atoms with Crippen LogP contribution in [0.3, 0.4) is 0 Å². The molecule has 0 amide bonds. The third kappa shape index (κ3) is 6.53. The minimum absolute atomic E-state index is 0.436. The number of thioether (sulfide) groups is 1. The monoisotopic (exact) mass is 186 g/mol. The maximum absolute atomic E-state index is 5.57. The highest BCUT2D eigenvalue weighted by atomic mass is 32.2. The Labute approximate surface area is 79.7 Å². The Morgan fingerprint density at radius 2 is 2.42 bits per heavy atom. The van der Waals surface area contributed by atoms with Crippen LogP contribution in [-0.2, 0) is 0 Å². The van der Waals surface area contributed by atoms with Crippen LogP contribution in [0.5, 0.6) is 0 Å². The molecule has 3 heteroatoms. The van der Waals surface area contributed by atoms with Crippen molar-refractivity contribution in [2.75, 3.05) is 25.1 Å². The molecular formula is C9H18N2S. The van der Waals surface area contributed by atoms with E-state index in [2.05, 4.69) is 17.5 Å². The molecule has 0 rings (SSSR count). The molecule has 0 spiro atoms. The van der Waals surface area contributed by atoms with E-state index < -0.39 is 0 Å². The molecule has 0 aromatic rings. The summed E-state index contributed by atoms with van der Waals surface area (Å²) in [6.07, 6.45) is 9.15. The molecular weight excluding hydrogens is 168 g/mol. The van der Waals surface area contributed by atoms with E-state index in [-0.39, 0.29) is 0 Å². The van der Waals surface area contributed by atoms with Gasteiger partial charge in [-0.25, -0.2) is 0 Å². The number of terminal acetylenes is 1. The normalized spacial score (nSPS) is 12.4. The van der Waals surface area contributed by atoms with Crippen molar-refractivity contribution in [3.63, 3.8) is 0 Å². The molecule has 70 valence electrons. The van der Waals surface area contributed by atoms with Gasteiger partial charge in [0.1, 0.15) is 0 Å². The van der Waals surface area contributed by atoms with E-state index in [0.717, 1.165) is 25.1 Å². The molecule has 0 bridgehead atoms. The first-order chi connectivity index (χ1) is 5.85. The molecule has 3 N–H and O–H groups in total. The first-order valence-electron chi connectivity index (χ1n) is 4.21. The second kappa shape index (κ2) is 8.92. The highest BCUT2D eigenvalue weighted by Crippen LogP contribution is 1.99. The lowest BCUT2D eigenvalue weighted by molar-refractivity contribution is 0.516. The summed E-state index contributed by atoms with van der Waals surface area (Å²) in [4.78, 5) is 0. The molecule has 0 aromatic carbocycles. The number of nitrogens with two attached hydrogens (primary N) is 1. The summed E-state index contributed by atoms with van der Waals surface area (Å²) >= 11 is 1.85. The van der Waals surface area contributed by atoms with Crippen LogP contribution in [-0.4, -0.2) is 31.1 Å². The van der Waals surface area contributed by atoms with E-state index in [9.17, 15) is 0 Å². The molecule has 0 radical (unpaired) electrons. The Bertz CT molecular complexity index is 131. The van der Waals surface area contributed by atoms with Gasteiger partial charge in [0, 0.05) is 25.6 Å². The molecule has 0 aliphatic rings. The van der Waals surface area contributed by atoms with Crippen molar-refractivity contribution >= 4 is 11.8 Å². The van der Waals surface area contributed by atoms with Gasteiger partial charge in [-0.3, -0.25) is 0 Å². The van der Waals surface area contributed by atoms with Gasteiger partial charge in [0.25, 0.3) is 0 Å². The molecule has 0 heterocycles. The van der Waals surface area contributed by atoms with Gasteiger partial charge in [0.15, 0.2) is 0 Å². The third-order valence-corrected chi connectivity index (χ3v) is 2.30. The molecule has 12 heavy (non-hydrogen) atoms. The molecule has 0 saturated carbocycles. The fourth-order valence-corrected chi connectivity index (χ4v) is 1.43. The van der Waals surface area contributed by atoms with Crippen molar-refractivity contribution in [3.05, 3.63) is 0 Å². The Balaban J connectivity index is 3.34. The number of hydrogen-bond donors (Lipinski definition) is 2. The van der Waals surface area contributed by atoms with Crippen LogP contribution in [0.4, 0.5) is 0 Å². The summed E-state index contributed by atoms with van der Waals surface area (Å²) in [7, 11) is 0. The molecule has 0 aliphatic heterocycles. The van der Waals surface area contributed by atoms with Gasteiger partial charge in [-0.05, 0) is 18.4 Å². The third-order valence-electron chi connectivity index (χ3n) is 1.66. The van der Waals surface area contributed by atoms with Gasteiger partial charge in [0.2, 0.25) is 0 Å². The van der Waals surface area contributed by atoms with Gasteiger partial charge in [0.05, 0.1) is 0 Å². The Morgan fingerprint density at radius 3 is 2.92 bits per heavy atom. The smallest absolute Gasteiger partial charge is 0.0212 e. The predicted molar refractivity (Wildman–Crippen MR) is 57.3 cm³/mol.